The summed E-state index contributed by atoms with van der Waals surface area (Å²) in [6.45, 7) is 1.46. The summed E-state index contributed by atoms with van der Waals surface area (Å²) < 4.78 is 29.9. The number of carbonyl (C=O) groups is 1. The molecule has 2 heterocycles. The number of carbonyl (C=O) groups excluding carboxylic acids is 1. The molecule has 0 radical (unpaired) electrons. The fraction of sp³-hybridized carbons (Fsp3) is 0.333. The standard InChI is InChI=1S/C15H15F2N7O/c16-12-8-11(20-21-18)9-13(17)15(12)23-6-4-22(5-7-23)14(25)10-24-3-1-2-19-24/h1-3,8-9H,4-7,10H2. The Morgan fingerprint density at radius 2 is 1.92 bits per heavy atom. The van der Waals surface area contributed by atoms with Crippen molar-refractivity contribution in [3.63, 3.8) is 0 Å². The maximum atomic E-state index is 14.2. The Balaban J connectivity index is 1.66. The summed E-state index contributed by atoms with van der Waals surface area (Å²) in [5, 5.41) is 7.19. The van der Waals surface area contributed by atoms with Gasteiger partial charge in [-0.15, -0.1) is 0 Å². The van der Waals surface area contributed by atoms with Crippen molar-refractivity contribution in [3.8, 4) is 0 Å². The van der Waals surface area contributed by atoms with Gasteiger partial charge in [0.2, 0.25) is 5.91 Å². The highest BCUT2D eigenvalue weighted by Gasteiger charge is 2.25. The first kappa shape index (κ1) is 16.7. The summed E-state index contributed by atoms with van der Waals surface area (Å²) in [5.74, 6) is -1.68. The highest BCUT2D eigenvalue weighted by atomic mass is 19.1. The van der Waals surface area contributed by atoms with Crippen LogP contribution < -0.4 is 4.90 Å². The minimum Gasteiger partial charge on any atom is -0.363 e. The number of rotatable bonds is 4. The minimum atomic E-state index is -0.793. The van der Waals surface area contributed by atoms with E-state index < -0.39 is 11.6 Å². The summed E-state index contributed by atoms with van der Waals surface area (Å²) in [6.07, 6.45) is 3.29. The van der Waals surface area contributed by atoms with Crippen LogP contribution in [0.2, 0.25) is 0 Å². The average Bonchev–Trinajstić information content (AvgIpc) is 3.08. The zero-order chi connectivity index (χ0) is 17.8. The van der Waals surface area contributed by atoms with E-state index in [-0.39, 0.29) is 23.8 Å². The van der Waals surface area contributed by atoms with E-state index in [0.29, 0.717) is 26.2 Å². The number of hydrogen-bond acceptors (Lipinski definition) is 4. The van der Waals surface area contributed by atoms with Crippen LogP contribution in [0, 0.1) is 11.6 Å². The zero-order valence-electron chi connectivity index (χ0n) is 13.2. The smallest absolute Gasteiger partial charge is 0.244 e. The Hall–Kier alpha value is -3.13. The van der Waals surface area contributed by atoms with Crippen LogP contribution >= 0.6 is 0 Å². The summed E-state index contributed by atoms with van der Waals surface area (Å²) in [5.41, 5.74) is 8.07. The topological polar surface area (TPSA) is 90.1 Å². The quantitative estimate of drug-likeness (QED) is 0.483. The molecule has 1 aromatic carbocycles. The predicted octanol–water partition coefficient (Wildman–Crippen LogP) is 2.45. The van der Waals surface area contributed by atoms with Crippen molar-refractivity contribution >= 4 is 17.3 Å². The molecular weight excluding hydrogens is 332 g/mol. The molecule has 3 rings (SSSR count). The van der Waals surface area contributed by atoms with Gasteiger partial charge in [0.1, 0.15) is 23.9 Å². The average molecular weight is 347 g/mol. The van der Waals surface area contributed by atoms with Gasteiger partial charge in [-0.2, -0.15) is 5.10 Å². The van der Waals surface area contributed by atoms with Crippen LogP contribution in [0.3, 0.4) is 0 Å². The Labute approximate surface area is 141 Å². The summed E-state index contributed by atoms with van der Waals surface area (Å²) in [4.78, 5) is 17.9. The largest absolute Gasteiger partial charge is 0.363 e. The molecule has 1 aromatic heterocycles. The number of azide groups is 1. The number of nitrogens with zero attached hydrogens (tertiary/aromatic N) is 7. The van der Waals surface area contributed by atoms with Crippen LogP contribution in [0.15, 0.2) is 35.7 Å². The Bertz CT molecular complexity index is 786. The van der Waals surface area contributed by atoms with Gasteiger partial charge < -0.3 is 9.80 Å². The van der Waals surface area contributed by atoms with Crippen molar-refractivity contribution < 1.29 is 13.6 Å². The Morgan fingerprint density at radius 1 is 1.24 bits per heavy atom. The third-order valence-electron chi connectivity index (χ3n) is 3.97. The summed E-state index contributed by atoms with van der Waals surface area (Å²) in [7, 11) is 0. The maximum Gasteiger partial charge on any atom is 0.244 e. The van der Waals surface area contributed by atoms with Gasteiger partial charge >= 0.3 is 0 Å². The molecular formula is C15H15F2N7O. The minimum absolute atomic E-state index is 0.0944. The van der Waals surface area contributed by atoms with Crippen molar-refractivity contribution in [1.29, 1.82) is 0 Å². The molecule has 1 amide bonds. The molecule has 0 bridgehead atoms. The number of halogens is 2. The molecule has 0 atom stereocenters. The van der Waals surface area contributed by atoms with Gasteiger partial charge in [0.25, 0.3) is 0 Å². The number of aromatic nitrogens is 2. The molecule has 0 aliphatic carbocycles. The fourth-order valence-corrected chi connectivity index (χ4v) is 2.78. The van der Waals surface area contributed by atoms with Gasteiger partial charge in [0.15, 0.2) is 0 Å². The highest BCUT2D eigenvalue weighted by Crippen LogP contribution is 2.29. The van der Waals surface area contributed by atoms with Gasteiger partial charge in [-0.1, -0.05) is 5.11 Å². The van der Waals surface area contributed by atoms with Gasteiger partial charge in [-0.05, 0) is 23.7 Å². The summed E-state index contributed by atoms with van der Waals surface area (Å²) >= 11 is 0. The first-order valence-electron chi connectivity index (χ1n) is 7.63. The molecule has 0 saturated carbocycles. The van der Waals surface area contributed by atoms with Crippen LogP contribution in [0.5, 0.6) is 0 Å². The first-order chi connectivity index (χ1) is 12.1. The second kappa shape index (κ2) is 7.18. The van der Waals surface area contributed by atoms with Gasteiger partial charge in [-0.25, -0.2) is 8.78 Å². The third kappa shape index (κ3) is 3.69. The monoisotopic (exact) mass is 347 g/mol. The first-order valence-corrected chi connectivity index (χ1v) is 7.63. The van der Waals surface area contributed by atoms with Crippen molar-refractivity contribution in [3.05, 3.63) is 52.7 Å². The normalized spacial score (nSPS) is 14.3. The number of amides is 1. The van der Waals surface area contributed by atoms with E-state index in [2.05, 4.69) is 15.1 Å². The van der Waals surface area contributed by atoms with Crippen LogP contribution in [0.25, 0.3) is 10.4 Å². The molecule has 8 nitrogen and oxygen atoms in total. The second-order valence-corrected chi connectivity index (χ2v) is 5.52. The van der Waals surface area contributed by atoms with E-state index >= 15 is 0 Å². The Morgan fingerprint density at radius 3 is 2.48 bits per heavy atom. The molecule has 0 spiro atoms. The number of benzene rings is 1. The SMILES string of the molecule is [N-]=[N+]=Nc1cc(F)c(N2CCN(C(=O)Cn3cccn3)CC2)c(F)c1. The fourth-order valence-electron chi connectivity index (χ4n) is 2.78. The van der Waals surface area contributed by atoms with Crippen LogP contribution in [0.1, 0.15) is 0 Å². The molecule has 1 aliphatic rings. The number of piperazine rings is 1. The lowest BCUT2D eigenvalue weighted by Crippen LogP contribution is -2.50. The van der Waals surface area contributed by atoms with Gasteiger partial charge in [0.05, 0.1) is 0 Å². The van der Waals surface area contributed by atoms with E-state index in [4.69, 9.17) is 5.53 Å². The van der Waals surface area contributed by atoms with E-state index in [0.717, 1.165) is 12.1 Å². The van der Waals surface area contributed by atoms with E-state index in [1.165, 1.54) is 4.68 Å². The molecule has 0 N–H and O–H groups in total. The Kier molecular flexibility index (Phi) is 4.80. The van der Waals surface area contributed by atoms with Crippen molar-refractivity contribution in [1.82, 2.24) is 14.7 Å². The molecule has 130 valence electrons. The van der Waals surface area contributed by atoms with Crippen molar-refractivity contribution in [2.45, 2.75) is 6.54 Å². The lowest BCUT2D eigenvalue weighted by molar-refractivity contribution is -0.132. The highest BCUT2D eigenvalue weighted by molar-refractivity contribution is 5.76. The molecule has 2 aromatic rings. The second-order valence-electron chi connectivity index (χ2n) is 5.52. The zero-order valence-corrected chi connectivity index (χ0v) is 13.2. The number of anilines is 1. The third-order valence-corrected chi connectivity index (χ3v) is 3.97. The lowest BCUT2D eigenvalue weighted by Gasteiger charge is -2.36. The van der Waals surface area contributed by atoms with Crippen LogP contribution in [-0.4, -0.2) is 46.8 Å². The molecule has 1 aliphatic heterocycles. The van der Waals surface area contributed by atoms with Crippen molar-refractivity contribution in [2.75, 3.05) is 31.1 Å². The van der Waals surface area contributed by atoms with Crippen molar-refractivity contribution in [2.24, 2.45) is 5.11 Å². The molecule has 25 heavy (non-hydrogen) atoms. The maximum absolute atomic E-state index is 14.2. The van der Waals surface area contributed by atoms with E-state index in [1.54, 1.807) is 28.3 Å². The van der Waals surface area contributed by atoms with E-state index in [1.807, 2.05) is 0 Å². The van der Waals surface area contributed by atoms with Crippen LogP contribution in [-0.2, 0) is 11.3 Å². The van der Waals surface area contributed by atoms with Crippen LogP contribution in [0.4, 0.5) is 20.2 Å². The molecule has 0 unspecified atom stereocenters. The van der Waals surface area contributed by atoms with Gasteiger partial charge in [-0.3, -0.25) is 9.48 Å². The van der Waals surface area contributed by atoms with Gasteiger partial charge in [0, 0.05) is 49.2 Å². The molecule has 1 saturated heterocycles. The number of hydrogen-bond donors (Lipinski definition) is 0. The molecule has 1 fully saturated rings. The molecule has 10 heteroatoms. The lowest BCUT2D eigenvalue weighted by atomic mass is 10.2. The van der Waals surface area contributed by atoms with E-state index in [9.17, 15) is 13.6 Å². The predicted molar refractivity (Wildman–Crippen MR) is 86.2 cm³/mol. The summed E-state index contributed by atoms with van der Waals surface area (Å²) in [6, 6.07) is 3.72.